The van der Waals surface area contributed by atoms with Gasteiger partial charge in [0.1, 0.15) is 5.75 Å². The van der Waals surface area contributed by atoms with Gasteiger partial charge in [-0.05, 0) is 55.8 Å². The van der Waals surface area contributed by atoms with E-state index in [1.54, 1.807) is 42.5 Å². The Hall–Kier alpha value is -3.06. The van der Waals surface area contributed by atoms with Gasteiger partial charge in [-0.15, -0.1) is 0 Å². The molecule has 3 rings (SSSR count). The maximum atomic E-state index is 12.4. The van der Waals surface area contributed by atoms with Crippen LogP contribution in [0.4, 0.5) is 11.4 Å². The molecule has 158 valence electrons. The molecule has 0 bridgehead atoms. The minimum Gasteiger partial charge on any atom is -0.494 e. The van der Waals surface area contributed by atoms with E-state index >= 15 is 0 Å². The highest BCUT2D eigenvalue weighted by Gasteiger charge is 2.36. The fraction of sp³-hybridized carbons (Fsp3) is 0.318. The number of benzene rings is 2. The van der Waals surface area contributed by atoms with Gasteiger partial charge in [0.15, 0.2) is 6.61 Å². The zero-order valence-electron chi connectivity index (χ0n) is 16.8. The van der Waals surface area contributed by atoms with E-state index in [4.69, 9.17) is 21.1 Å². The second kappa shape index (κ2) is 9.63. The normalized spacial score (nSPS) is 15.8. The lowest BCUT2D eigenvalue weighted by Gasteiger charge is -2.17. The van der Waals surface area contributed by atoms with Crippen molar-refractivity contribution in [1.82, 2.24) is 0 Å². The summed E-state index contributed by atoms with van der Waals surface area (Å²) in [4.78, 5) is 38.4. The largest absolute Gasteiger partial charge is 0.494 e. The minimum atomic E-state index is -0.621. The number of carbonyl (C=O) groups is 3. The Balaban J connectivity index is 1.53. The summed E-state index contributed by atoms with van der Waals surface area (Å²) in [5, 5.41) is 3.16. The number of aryl methyl sites for hydroxylation is 1. The van der Waals surface area contributed by atoms with Crippen molar-refractivity contribution in [1.29, 1.82) is 0 Å². The summed E-state index contributed by atoms with van der Waals surface area (Å²) in [6.45, 7) is 4.06. The van der Waals surface area contributed by atoms with E-state index in [9.17, 15) is 14.4 Å². The number of nitrogens with zero attached hydrogens (tertiary/aromatic N) is 1. The molecule has 1 aliphatic rings. The molecular weight excluding hydrogens is 408 g/mol. The highest BCUT2D eigenvalue weighted by atomic mass is 35.5. The molecule has 1 fully saturated rings. The number of rotatable bonds is 7. The van der Waals surface area contributed by atoms with Crippen LogP contribution in [0.15, 0.2) is 42.5 Å². The summed E-state index contributed by atoms with van der Waals surface area (Å²) < 4.78 is 10.5. The third kappa shape index (κ3) is 5.30. The molecule has 1 aliphatic heterocycles. The van der Waals surface area contributed by atoms with Crippen molar-refractivity contribution < 1.29 is 23.9 Å². The van der Waals surface area contributed by atoms with Gasteiger partial charge < -0.3 is 19.7 Å². The Kier molecular flexibility index (Phi) is 6.95. The first kappa shape index (κ1) is 21.6. The van der Waals surface area contributed by atoms with Crippen LogP contribution in [0.3, 0.4) is 0 Å². The first-order valence-electron chi connectivity index (χ1n) is 9.63. The molecule has 2 aromatic rings. The number of amides is 2. The van der Waals surface area contributed by atoms with Gasteiger partial charge in [-0.1, -0.05) is 17.7 Å². The third-order valence-electron chi connectivity index (χ3n) is 4.74. The molecule has 0 unspecified atom stereocenters. The number of hydrogen-bond acceptors (Lipinski definition) is 5. The number of carbonyl (C=O) groups excluding carboxylic acids is 3. The van der Waals surface area contributed by atoms with Crippen LogP contribution in [0.25, 0.3) is 0 Å². The van der Waals surface area contributed by atoms with Crippen molar-refractivity contribution >= 4 is 40.8 Å². The lowest BCUT2D eigenvalue weighted by molar-refractivity contribution is -0.151. The van der Waals surface area contributed by atoms with Gasteiger partial charge in [0.25, 0.3) is 5.91 Å². The van der Waals surface area contributed by atoms with Gasteiger partial charge in [0.05, 0.1) is 12.5 Å². The van der Waals surface area contributed by atoms with Crippen LogP contribution < -0.4 is 15.0 Å². The first-order valence-corrected chi connectivity index (χ1v) is 10.0. The number of esters is 1. The standard InChI is InChI=1S/C22H23ClN2O5/c1-3-29-18-8-6-17(7-9-18)25-12-15(10-21(25)27)22(28)30-13-20(26)24-19-11-16(23)5-4-14(19)2/h4-9,11,15H,3,10,12-13H2,1-2H3,(H,24,26)/t15-/m1/s1. The molecule has 0 aromatic heterocycles. The average molecular weight is 431 g/mol. The van der Waals surface area contributed by atoms with Crippen LogP contribution in [-0.2, 0) is 19.1 Å². The van der Waals surface area contributed by atoms with Gasteiger partial charge >= 0.3 is 5.97 Å². The molecule has 30 heavy (non-hydrogen) atoms. The Morgan fingerprint density at radius 3 is 2.63 bits per heavy atom. The highest BCUT2D eigenvalue weighted by Crippen LogP contribution is 2.27. The summed E-state index contributed by atoms with van der Waals surface area (Å²) in [5.74, 6) is -1.12. The molecule has 0 radical (unpaired) electrons. The quantitative estimate of drug-likeness (QED) is 0.678. The van der Waals surface area contributed by atoms with E-state index in [1.807, 2.05) is 13.8 Å². The summed E-state index contributed by atoms with van der Waals surface area (Å²) in [6.07, 6.45) is 0.0427. The molecule has 0 aliphatic carbocycles. The molecule has 1 atom stereocenters. The fourth-order valence-electron chi connectivity index (χ4n) is 3.17. The average Bonchev–Trinajstić information content (AvgIpc) is 3.11. The fourth-order valence-corrected chi connectivity index (χ4v) is 3.35. The van der Waals surface area contributed by atoms with Crippen molar-refractivity contribution in [2.75, 3.05) is 30.0 Å². The number of nitrogens with one attached hydrogen (secondary N) is 1. The number of halogens is 1. The maximum absolute atomic E-state index is 12.4. The zero-order valence-corrected chi connectivity index (χ0v) is 17.6. The predicted octanol–water partition coefficient (Wildman–Crippen LogP) is 3.58. The Morgan fingerprint density at radius 1 is 1.20 bits per heavy atom. The van der Waals surface area contributed by atoms with Gasteiger partial charge in [0.2, 0.25) is 5.91 Å². The van der Waals surface area contributed by atoms with Crippen molar-refractivity contribution in [3.63, 3.8) is 0 Å². The first-order chi connectivity index (χ1) is 14.4. The Bertz CT molecular complexity index is 945. The van der Waals surface area contributed by atoms with Crippen molar-refractivity contribution in [2.24, 2.45) is 5.92 Å². The summed E-state index contributed by atoms with van der Waals surface area (Å²) in [6, 6.07) is 12.2. The second-order valence-electron chi connectivity index (χ2n) is 6.95. The van der Waals surface area contributed by atoms with Crippen LogP contribution in [0.2, 0.25) is 5.02 Å². The molecule has 1 heterocycles. The molecule has 0 saturated carbocycles. The zero-order chi connectivity index (χ0) is 21.7. The van der Waals surface area contributed by atoms with Gasteiger partial charge in [-0.3, -0.25) is 14.4 Å². The second-order valence-corrected chi connectivity index (χ2v) is 7.38. The number of hydrogen-bond donors (Lipinski definition) is 1. The third-order valence-corrected chi connectivity index (χ3v) is 4.97. The van der Waals surface area contributed by atoms with Crippen LogP contribution in [0, 0.1) is 12.8 Å². The van der Waals surface area contributed by atoms with Gasteiger partial charge in [0, 0.05) is 29.4 Å². The summed E-state index contributed by atoms with van der Waals surface area (Å²) in [7, 11) is 0. The van der Waals surface area contributed by atoms with Crippen LogP contribution in [0.1, 0.15) is 18.9 Å². The summed E-state index contributed by atoms with van der Waals surface area (Å²) >= 11 is 5.94. The molecule has 8 heteroatoms. The molecular formula is C22H23ClN2O5. The van der Waals surface area contributed by atoms with Crippen LogP contribution in [0.5, 0.6) is 5.75 Å². The Morgan fingerprint density at radius 2 is 1.93 bits per heavy atom. The SMILES string of the molecule is CCOc1ccc(N2C[C@H](C(=O)OCC(=O)Nc3cc(Cl)ccc3C)CC2=O)cc1. The molecule has 2 amide bonds. The van der Waals surface area contributed by atoms with E-state index in [2.05, 4.69) is 5.32 Å². The number of ether oxygens (including phenoxy) is 2. The lowest BCUT2D eigenvalue weighted by atomic mass is 10.1. The molecule has 1 N–H and O–H groups in total. The molecule has 2 aromatic carbocycles. The topological polar surface area (TPSA) is 84.9 Å². The van der Waals surface area contributed by atoms with Crippen molar-refractivity contribution in [2.45, 2.75) is 20.3 Å². The van der Waals surface area contributed by atoms with Crippen LogP contribution >= 0.6 is 11.6 Å². The number of anilines is 2. The van der Waals surface area contributed by atoms with Gasteiger partial charge in [-0.2, -0.15) is 0 Å². The van der Waals surface area contributed by atoms with E-state index < -0.39 is 24.4 Å². The van der Waals surface area contributed by atoms with Crippen molar-refractivity contribution in [3.05, 3.63) is 53.1 Å². The van der Waals surface area contributed by atoms with E-state index in [0.29, 0.717) is 28.8 Å². The highest BCUT2D eigenvalue weighted by molar-refractivity contribution is 6.31. The molecule has 7 nitrogen and oxygen atoms in total. The van der Waals surface area contributed by atoms with E-state index in [0.717, 1.165) is 5.56 Å². The van der Waals surface area contributed by atoms with E-state index in [1.165, 1.54) is 4.90 Å². The summed E-state index contributed by atoms with van der Waals surface area (Å²) in [5.41, 5.74) is 2.08. The predicted molar refractivity (Wildman–Crippen MR) is 114 cm³/mol. The molecule has 0 spiro atoms. The van der Waals surface area contributed by atoms with Crippen LogP contribution in [-0.4, -0.2) is 37.5 Å². The molecule has 1 saturated heterocycles. The van der Waals surface area contributed by atoms with Gasteiger partial charge in [-0.25, -0.2) is 0 Å². The Labute approximate surface area is 179 Å². The van der Waals surface area contributed by atoms with Crippen molar-refractivity contribution in [3.8, 4) is 5.75 Å². The lowest BCUT2D eigenvalue weighted by Crippen LogP contribution is -2.28. The maximum Gasteiger partial charge on any atom is 0.311 e. The smallest absolute Gasteiger partial charge is 0.311 e. The van der Waals surface area contributed by atoms with E-state index in [-0.39, 0.29) is 18.9 Å². The minimum absolute atomic E-state index is 0.0427. The monoisotopic (exact) mass is 430 g/mol.